The Hall–Kier alpha value is -3.60. The van der Waals surface area contributed by atoms with Gasteiger partial charge in [0.25, 0.3) is 0 Å². The van der Waals surface area contributed by atoms with E-state index in [-0.39, 0.29) is 23.5 Å². The molecule has 0 N–H and O–H groups in total. The summed E-state index contributed by atoms with van der Waals surface area (Å²) in [5, 5.41) is 0. The summed E-state index contributed by atoms with van der Waals surface area (Å²) in [6, 6.07) is 20.9. The number of anilines is 1. The largest absolute Gasteiger partial charge is 0.493 e. The summed E-state index contributed by atoms with van der Waals surface area (Å²) in [5.41, 5.74) is 3.91. The highest BCUT2D eigenvalue weighted by Crippen LogP contribution is 2.49. The smallest absolute Gasteiger partial charge is 0.178 e. The van der Waals surface area contributed by atoms with Crippen molar-refractivity contribution in [3.63, 3.8) is 0 Å². The fourth-order valence-corrected chi connectivity index (χ4v) is 5.14. The Balaban J connectivity index is 1.76. The highest BCUT2D eigenvalue weighted by molar-refractivity contribution is 6.21. The van der Waals surface area contributed by atoms with E-state index in [1.54, 1.807) is 13.2 Å². The van der Waals surface area contributed by atoms with Crippen molar-refractivity contribution < 1.29 is 19.1 Å². The third kappa shape index (κ3) is 2.76. The maximum absolute atomic E-state index is 13.7. The lowest BCUT2D eigenvalue weighted by Crippen LogP contribution is -2.55. The average Bonchev–Trinajstić information content (AvgIpc) is 2.82. The van der Waals surface area contributed by atoms with E-state index in [0.29, 0.717) is 22.6 Å². The summed E-state index contributed by atoms with van der Waals surface area (Å²) in [5.74, 6) is -0.154. The van der Waals surface area contributed by atoms with Crippen LogP contribution in [0.25, 0.3) is 0 Å². The molecule has 3 atom stereocenters. The van der Waals surface area contributed by atoms with E-state index in [9.17, 15) is 9.59 Å². The van der Waals surface area contributed by atoms with Gasteiger partial charge in [0.15, 0.2) is 23.1 Å². The predicted octanol–water partition coefficient (Wildman–Crippen LogP) is 4.35. The maximum atomic E-state index is 13.7. The van der Waals surface area contributed by atoms with Crippen LogP contribution in [-0.4, -0.2) is 38.9 Å². The van der Waals surface area contributed by atoms with Crippen molar-refractivity contribution in [3.05, 3.63) is 89.0 Å². The summed E-state index contributed by atoms with van der Waals surface area (Å²) < 4.78 is 10.9. The van der Waals surface area contributed by atoms with Gasteiger partial charge in [0.1, 0.15) is 5.92 Å². The van der Waals surface area contributed by atoms with Crippen LogP contribution in [0, 0.1) is 5.92 Å². The number of carbonyl (C=O) groups excluding carboxylic acids is 2. The van der Waals surface area contributed by atoms with Gasteiger partial charge in [-0.15, -0.1) is 0 Å². The molecular weight excluding hydrogens is 390 g/mol. The lowest BCUT2D eigenvalue weighted by molar-refractivity contribution is 0.0753. The van der Waals surface area contributed by atoms with Gasteiger partial charge in [-0.3, -0.25) is 9.59 Å². The Morgan fingerprint density at radius 2 is 1.35 bits per heavy atom. The van der Waals surface area contributed by atoms with Gasteiger partial charge >= 0.3 is 0 Å². The Morgan fingerprint density at radius 1 is 0.742 bits per heavy atom. The Kier molecular flexibility index (Phi) is 4.54. The molecule has 5 nitrogen and oxygen atoms in total. The number of ether oxygens (including phenoxy) is 2. The molecule has 0 bridgehead atoms. The maximum Gasteiger partial charge on any atom is 0.178 e. The number of methoxy groups -OCH3 is 2. The first-order chi connectivity index (χ1) is 15.1. The van der Waals surface area contributed by atoms with Crippen molar-refractivity contribution in [2.75, 3.05) is 26.2 Å². The quantitative estimate of drug-likeness (QED) is 0.598. The number of benzene rings is 3. The zero-order chi connectivity index (χ0) is 21.7. The van der Waals surface area contributed by atoms with Gasteiger partial charge in [0.05, 0.1) is 25.9 Å². The molecule has 3 aromatic carbocycles. The van der Waals surface area contributed by atoms with Crippen LogP contribution in [0.15, 0.2) is 66.7 Å². The molecule has 156 valence electrons. The summed E-state index contributed by atoms with van der Waals surface area (Å²) in [7, 11) is 5.06. The summed E-state index contributed by atoms with van der Waals surface area (Å²) >= 11 is 0. The third-order valence-electron chi connectivity index (χ3n) is 6.56. The molecule has 1 heterocycles. The molecule has 0 saturated heterocycles. The van der Waals surface area contributed by atoms with E-state index in [1.165, 1.54) is 7.11 Å². The minimum atomic E-state index is -0.782. The Labute approximate surface area is 181 Å². The molecule has 2 aliphatic rings. The van der Waals surface area contributed by atoms with Crippen LogP contribution >= 0.6 is 0 Å². The molecule has 0 amide bonds. The number of rotatable bonds is 3. The zero-order valence-corrected chi connectivity index (χ0v) is 17.7. The molecule has 0 saturated carbocycles. The van der Waals surface area contributed by atoms with Gasteiger partial charge in [-0.2, -0.15) is 0 Å². The molecule has 0 aromatic heterocycles. The molecule has 1 aliphatic carbocycles. The number of hydrogen-bond acceptors (Lipinski definition) is 5. The summed E-state index contributed by atoms with van der Waals surface area (Å²) in [6.45, 7) is 0. The van der Waals surface area contributed by atoms with Gasteiger partial charge in [-0.05, 0) is 17.2 Å². The fourth-order valence-electron chi connectivity index (χ4n) is 5.14. The van der Waals surface area contributed by atoms with Crippen LogP contribution in [0.4, 0.5) is 5.69 Å². The lowest BCUT2D eigenvalue weighted by Gasteiger charge is -2.47. The fraction of sp³-hybridized carbons (Fsp3) is 0.231. The summed E-state index contributed by atoms with van der Waals surface area (Å²) in [4.78, 5) is 29.3. The SMILES string of the molecule is COc1cc2c(cc1OC)N(C)[C@@H]1[C@@H](C(=O)c3ccccc3[C@H]1c1ccccc1)C2=O. The van der Waals surface area contributed by atoms with Crippen LogP contribution in [0.1, 0.15) is 37.8 Å². The molecule has 5 heteroatoms. The monoisotopic (exact) mass is 413 g/mol. The van der Waals surface area contributed by atoms with E-state index in [1.807, 2.05) is 55.6 Å². The molecular formula is C26H23NO4. The number of carbonyl (C=O) groups is 2. The Morgan fingerprint density at radius 3 is 2.06 bits per heavy atom. The lowest BCUT2D eigenvalue weighted by atomic mass is 9.65. The van der Waals surface area contributed by atoms with E-state index >= 15 is 0 Å². The van der Waals surface area contributed by atoms with Gasteiger partial charge in [0.2, 0.25) is 0 Å². The number of nitrogens with zero attached hydrogens (tertiary/aromatic N) is 1. The average molecular weight is 413 g/mol. The van der Waals surface area contributed by atoms with Crippen molar-refractivity contribution in [1.82, 2.24) is 0 Å². The van der Waals surface area contributed by atoms with Crippen LogP contribution in [0.5, 0.6) is 11.5 Å². The molecule has 0 fully saturated rings. The van der Waals surface area contributed by atoms with Gasteiger partial charge in [0, 0.05) is 30.2 Å². The summed E-state index contributed by atoms with van der Waals surface area (Å²) in [6.07, 6.45) is 0. The van der Waals surface area contributed by atoms with Crippen LogP contribution in [-0.2, 0) is 0 Å². The van der Waals surface area contributed by atoms with Crippen LogP contribution < -0.4 is 14.4 Å². The van der Waals surface area contributed by atoms with E-state index in [4.69, 9.17) is 9.47 Å². The molecule has 31 heavy (non-hydrogen) atoms. The molecule has 5 rings (SSSR count). The zero-order valence-electron chi connectivity index (χ0n) is 17.7. The number of likely N-dealkylation sites (N-methyl/N-ethyl adjacent to an activating group) is 1. The molecule has 0 radical (unpaired) electrons. The van der Waals surface area contributed by atoms with Gasteiger partial charge in [-0.25, -0.2) is 0 Å². The van der Waals surface area contributed by atoms with Crippen LogP contribution in [0.2, 0.25) is 0 Å². The number of fused-ring (bicyclic) bond motifs is 3. The topological polar surface area (TPSA) is 55.8 Å². The van der Waals surface area contributed by atoms with E-state index < -0.39 is 5.92 Å². The molecule has 1 aliphatic heterocycles. The highest BCUT2D eigenvalue weighted by atomic mass is 16.5. The highest BCUT2D eigenvalue weighted by Gasteiger charge is 2.51. The first kappa shape index (κ1) is 19.4. The first-order valence-corrected chi connectivity index (χ1v) is 10.3. The van der Waals surface area contributed by atoms with Crippen molar-refractivity contribution >= 4 is 17.3 Å². The third-order valence-corrected chi connectivity index (χ3v) is 6.56. The Bertz CT molecular complexity index is 1190. The van der Waals surface area contributed by atoms with Gasteiger partial charge in [-0.1, -0.05) is 54.6 Å². The molecule has 3 aromatic rings. The van der Waals surface area contributed by atoms with Crippen molar-refractivity contribution in [2.45, 2.75) is 12.0 Å². The van der Waals surface area contributed by atoms with Crippen molar-refractivity contribution in [3.8, 4) is 11.5 Å². The number of hydrogen-bond donors (Lipinski definition) is 0. The van der Waals surface area contributed by atoms with Crippen LogP contribution in [0.3, 0.4) is 0 Å². The molecule has 0 spiro atoms. The van der Waals surface area contributed by atoms with Crippen molar-refractivity contribution in [2.24, 2.45) is 5.92 Å². The van der Waals surface area contributed by atoms with Gasteiger partial charge < -0.3 is 14.4 Å². The van der Waals surface area contributed by atoms with E-state index in [0.717, 1.165) is 16.8 Å². The minimum Gasteiger partial charge on any atom is -0.493 e. The standard InChI is InChI=1S/C26H23NO4/c1-27-19-14-21(31-3)20(30-2)13-18(19)26(29)23-24(27)22(15-9-5-4-6-10-15)16-11-7-8-12-17(16)25(23)28/h4-14,22-24H,1-3H3/t22-,23+,24+/m1/s1. The van der Waals surface area contributed by atoms with E-state index in [2.05, 4.69) is 17.0 Å². The number of Topliss-reactive ketones (excluding diaryl/α,β-unsaturated/α-hetero) is 2. The first-order valence-electron chi connectivity index (χ1n) is 10.3. The molecule has 0 unspecified atom stereocenters. The normalized spacial score (nSPS) is 21.8. The predicted molar refractivity (Wildman–Crippen MR) is 119 cm³/mol. The minimum absolute atomic E-state index is 0.115. The second-order valence-corrected chi connectivity index (χ2v) is 8.01. The second kappa shape index (κ2) is 7.27. The van der Waals surface area contributed by atoms with Crippen molar-refractivity contribution in [1.29, 1.82) is 0 Å². The number of ketones is 2. The second-order valence-electron chi connectivity index (χ2n) is 8.01.